The number of anilines is 6. The van der Waals surface area contributed by atoms with E-state index in [4.69, 9.17) is 0 Å². The van der Waals surface area contributed by atoms with Gasteiger partial charge in [0.25, 0.3) is 0 Å². The van der Waals surface area contributed by atoms with Gasteiger partial charge < -0.3 is 14.4 Å². The average Bonchev–Trinajstić information content (AvgIpc) is 3.91. The van der Waals surface area contributed by atoms with Crippen LogP contribution < -0.4 is 9.80 Å². The highest BCUT2D eigenvalue weighted by Gasteiger charge is 2.26. The van der Waals surface area contributed by atoms with Crippen molar-refractivity contribution >= 4 is 77.5 Å². The number of fused-ring (bicyclic) bond motifs is 7. The summed E-state index contributed by atoms with van der Waals surface area (Å²) >= 11 is 0. The molecule has 3 nitrogen and oxygen atoms in total. The van der Waals surface area contributed by atoms with Crippen molar-refractivity contribution < 1.29 is 0 Å². The Labute approximate surface area is 449 Å². The van der Waals surface area contributed by atoms with Crippen LogP contribution in [0.25, 0.3) is 93.5 Å². The van der Waals surface area contributed by atoms with Crippen LogP contribution in [0.5, 0.6) is 0 Å². The Morgan fingerprint density at radius 2 is 0.442 bits per heavy atom. The van der Waals surface area contributed by atoms with Crippen LogP contribution in [-0.2, 0) is 0 Å². The third-order valence-electron chi connectivity index (χ3n) is 15.2. The van der Waals surface area contributed by atoms with Crippen LogP contribution in [0, 0.1) is 0 Å². The number of hydrogen-bond acceptors (Lipinski definition) is 2. The lowest BCUT2D eigenvalue weighted by atomic mass is 9.96. The first-order valence-corrected chi connectivity index (χ1v) is 26.4. The lowest BCUT2D eigenvalue weighted by Gasteiger charge is -2.28. The Morgan fingerprint density at radius 3 is 0.727 bits per heavy atom. The van der Waals surface area contributed by atoms with Crippen molar-refractivity contribution in [2.75, 3.05) is 9.80 Å². The summed E-state index contributed by atoms with van der Waals surface area (Å²) in [4.78, 5) is 4.89. The van der Waals surface area contributed by atoms with E-state index in [0.29, 0.717) is 0 Å². The van der Waals surface area contributed by atoms with Crippen LogP contribution in [0.2, 0.25) is 0 Å². The predicted octanol–water partition coefficient (Wildman–Crippen LogP) is 20.7. The van der Waals surface area contributed by atoms with Crippen LogP contribution in [0.1, 0.15) is 0 Å². The van der Waals surface area contributed by atoms with Gasteiger partial charge in [0, 0.05) is 50.0 Å². The molecule has 3 heteroatoms. The fourth-order valence-corrected chi connectivity index (χ4v) is 11.5. The van der Waals surface area contributed by atoms with Crippen molar-refractivity contribution in [2.45, 2.75) is 0 Å². The van der Waals surface area contributed by atoms with E-state index in [2.05, 4.69) is 324 Å². The van der Waals surface area contributed by atoms with Crippen LogP contribution in [0.3, 0.4) is 0 Å². The molecule has 14 aromatic rings. The molecule has 362 valence electrons. The summed E-state index contributed by atoms with van der Waals surface area (Å²) in [5.74, 6) is 0. The molecule has 0 unspecified atom stereocenters. The van der Waals surface area contributed by atoms with Crippen molar-refractivity contribution in [1.82, 2.24) is 4.57 Å². The molecule has 0 atom stereocenters. The molecule has 0 saturated heterocycles. The van der Waals surface area contributed by atoms with E-state index in [1.807, 2.05) is 0 Å². The Hall–Kier alpha value is -10.2. The number of rotatable bonds is 11. The molecule has 0 fully saturated rings. The number of benzene rings is 13. The van der Waals surface area contributed by atoms with Gasteiger partial charge in [-0.3, -0.25) is 0 Å². The Morgan fingerprint density at radius 1 is 0.208 bits per heavy atom. The zero-order valence-electron chi connectivity index (χ0n) is 42.3. The highest BCUT2D eigenvalue weighted by atomic mass is 15.2. The molecule has 0 N–H and O–H groups in total. The summed E-state index contributed by atoms with van der Waals surface area (Å²) in [5, 5.41) is 7.14. The Bertz CT molecular complexity index is 3930. The number of nitrogens with zero attached hydrogens (tertiary/aromatic N) is 3. The quantitative estimate of drug-likeness (QED) is 0.128. The molecule has 0 saturated carbocycles. The summed E-state index contributed by atoms with van der Waals surface area (Å²) in [6.07, 6.45) is 0. The molecule has 77 heavy (non-hydrogen) atoms. The van der Waals surface area contributed by atoms with Gasteiger partial charge in [0.15, 0.2) is 0 Å². The lowest BCUT2D eigenvalue weighted by Crippen LogP contribution is -2.11. The summed E-state index contributed by atoms with van der Waals surface area (Å²) in [7, 11) is 0. The Balaban J connectivity index is 1.03. The summed E-state index contributed by atoms with van der Waals surface area (Å²) in [6, 6.07) is 113. The first-order chi connectivity index (χ1) is 38.2. The van der Waals surface area contributed by atoms with Gasteiger partial charge in [-0.05, 0) is 128 Å². The minimum atomic E-state index is 1.07. The van der Waals surface area contributed by atoms with Crippen LogP contribution in [0.15, 0.2) is 309 Å². The minimum absolute atomic E-state index is 1.07. The summed E-state index contributed by atoms with van der Waals surface area (Å²) in [6.45, 7) is 0. The summed E-state index contributed by atoms with van der Waals surface area (Å²) in [5.41, 5.74) is 19.3. The number of aromatic nitrogens is 1. The predicted molar refractivity (Wildman–Crippen MR) is 327 cm³/mol. The average molecular weight is 982 g/mol. The van der Waals surface area contributed by atoms with E-state index in [-0.39, 0.29) is 0 Å². The van der Waals surface area contributed by atoms with Gasteiger partial charge in [-0.15, -0.1) is 0 Å². The third-order valence-corrected chi connectivity index (χ3v) is 15.2. The second-order valence-electron chi connectivity index (χ2n) is 19.7. The molecule has 0 aliphatic heterocycles. The standard InChI is InChI=1S/C74H51N3/c1-6-20-52(21-7-1)56-34-42-61(43-35-56)75(62-44-36-57(37-45-62)53-22-8-2-9-23-53)69-50-71-73(67-32-18-16-30-65(67)69)74-68-33-19-17-31-66(68)70(51-72(74)77(71)60-28-14-5-15-29-60)76(63-46-38-58(39-47-63)54-24-10-3-11-25-54)64-48-40-59(41-49-64)55-26-12-4-13-27-55/h1-51H. The van der Waals surface area contributed by atoms with E-state index >= 15 is 0 Å². The van der Waals surface area contributed by atoms with E-state index in [9.17, 15) is 0 Å². The van der Waals surface area contributed by atoms with Gasteiger partial charge in [-0.25, -0.2) is 0 Å². The second kappa shape index (κ2) is 19.6. The summed E-state index contributed by atoms with van der Waals surface area (Å²) < 4.78 is 2.50. The molecule has 0 amide bonds. The van der Waals surface area contributed by atoms with E-state index in [1.165, 1.54) is 66.1 Å². The lowest BCUT2D eigenvalue weighted by molar-refractivity contribution is 1.18. The zero-order valence-corrected chi connectivity index (χ0v) is 42.3. The van der Waals surface area contributed by atoms with Crippen LogP contribution in [0.4, 0.5) is 34.1 Å². The van der Waals surface area contributed by atoms with Crippen molar-refractivity contribution in [3.05, 3.63) is 309 Å². The molecule has 0 spiro atoms. The maximum Gasteiger partial charge on any atom is 0.0568 e. The number of hydrogen-bond donors (Lipinski definition) is 0. The molecule has 1 heterocycles. The molecule has 0 radical (unpaired) electrons. The third kappa shape index (κ3) is 8.28. The van der Waals surface area contributed by atoms with Crippen LogP contribution in [-0.4, -0.2) is 4.57 Å². The van der Waals surface area contributed by atoms with Crippen molar-refractivity contribution in [3.8, 4) is 50.2 Å². The fourth-order valence-electron chi connectivity index (χ4n) is 11.5. The highest BCUT2D eigenvalue weighted by molar-refractivity contribution is 6.32. The molecule has 13 aromatic carbocycles. The van der Waals surface area contributed by atoms with E-state index in [1.54, 1.807) is 0 Å². The zero-order chi connectivity index (χ0) is 51.1. The van der Waals surface area contributed by atoms with Gasteiger partial charge in [0.1, 0.15) is 0 Å². The highest BCUT2D eigenvalue weighted by Crippen LogP contribution is 2.50. The first kappa shape index (κ1) is 45.4. The van der Waals surface area contributed by atoms with Gasteiger partial charge >= 0.3 is 0 Å². The maximum atomic E-state index is 2.50. The van der Waals surface area contributed by atoms with Gasteiger partial charge in [0.2, 0.25) is 0 Å². The molecular weight excluding hydrogens is 931 g/mol. The molecule has 0 bridgehead atoms. The minimum Gasteiger partial charge on any atom is -0.310 e. The largest absolute Gasteiger partial charge is 0.310 e. The molecule has 0 aliphatic rings. The van der Waals surface area contributed by atoms with E-state index in [0.717, 1.165) is 61.6 Å². The van der Waals surface area contributed by atoms with Crippen molar-refractivity contribution in [1.29, 1.82) is 0 Å². The first-order valence-electron chi connectivity index (χ1n) is 26.4. The second-order valence-corrected chi connectivity index (χ2v) is 19.7. The molecule has 0 aliphatic carbocycles. The van der Waals surface area contributed by atoms with Crippen molar-refractivity contribution in [2.24, 2.45) is 0 Å². The molecular formula is C74H51N3. The maximum absolute atomic E-state index is 2.50. The van der Waals surface area contributed by atoms with Gasteiger partial charge in [0.05, 0.1) is 22.4 Å². The normalized spacial score (nSPS) is 11.4. The van der Waals surface area contributed by atoms with Gasteiger partial charge in [-0.1, -0.05) is 237 Å². The molecule has 14 rings (SSSR count). The monoisotopic (exact) mass is 981 g/mol. The number of para-hydroxylation sites is 1. The smallest absolute Gasteiger partial charge is 0.0568 e. The van der Waals surface area contributed by atoms with Crippen molar-refractivity contribution in [3.63, 3.8) is 0 Å². The fraction of sp³-hybridized carbons (Fsp3) is 0. The van der Waals surface area contributed by atoms with Crippen LogP contribution >= 0.6 is 0 Å². The topological polar surface area (TPSA) is 11.4 Å². The molecule has 1 aromatic heterocycles. The Kier molecular flexibility index (Phi) is 11.5. The van der Waals surface area contributed by atoms with E-state index < -0.39 is 0 Å². The SMILES string of the molecule is c1ccc(-c2ccc(N(c3ccc(-c4ccccc4)cc3)c3cc4c(c5ccccc35)c3c5ccccc5c(N(c5ccc(-c6ccccc6)cc5)c5ccc(-c6ccccc6)cc5)cc3n4-c3ccccc3)cc2)cc1. The van der Waals surface area contributed by atoms with Gasteiger partial charge in [-0.2, -0.15) is 0 Å².